The number of anilines is 1. The van der Waals surface area contributed by atoms with Gasteiger partial charge in [0, 0.05) is 54.9 Å². The maximum atomic E-state index is 14.3. The summed E-state index contributed by atoms with van der Waals surface area (Å²) in [6.07, 6.45) is 1.64. The minimum Gasteiger partial charge on any atom is -0.478 e. The number of hydrogen-bond donors (Lipinski definition) is 1. The number of carbonyl (C=O) groups excluding carboxylic acids is 1. The van der Waals surface area contributed by atoms with Crippen LogP contribution in [0.1, 0.15) is 32.0 Å². The molecule has 0 radical (unpaired) electrons. The van der Waals surface area contributed by atoms with E-state index in [9.17, 15) is 18.4 Å². The first-order valence-electron chi connectivity index (χ1n) is 13.7. The molecule has 1 aliphatic heterocycles. The molecule has 4 rings (SSSR count). The van der Waals surface area contributed by atoms with Crippen LogP contribution in [0.5, 0.6) is 5.75 Å². The highest BCUT2D eigenvalue weighted by molar-refractivity contribution is 6.31. The molecule has 2 atom stereocenters. The third-order valence-corrected chi connectivity index (χ3v) is 6.70. The highest BCUT2D eigenvalue weighted by atomic mass is 35.5. The van der Waals surface area contributed by atoms with Crippen molar-refractivity contribution in [2.75, 3.05) is 31.5 Å². The zero-order chi connectivity index (χ0) is 30.5. The van der Waals surface area contributed by atoms with Crippen LogP contribution >= 0.6 is 11.6 Å². The van der Waals surface area contributed by atoms with E-state index in [2.05, 4.69) is 9.97 Å². The van der Waals surface area contributed by atoms with Gasteiger partial charge in [0.15, 0.2) is 12.3 Å². The van der Waals surface area contributed by atoms with Crippen molar-refractivity contribution in [1.82, 2.24) is 19.9 Å². The van der Waals surface area contributed by atoms with Crippen LogP contribution in [0.15, 0.2) is 35.3 Å². The van der Waals surface area contributed by atoms with Crippen molar-refractivity contribution in [3.8, 4) is 5.75 Å². The molecule has 1 aromatic carbocycles. The van der Waals surface area contributed by atoms with Crippen molar-refractivity contribution >= 4 is 34.4 Å². The van der Waals surface area contributed by atoms with E-state index in [-0.39, 0.29) is 30.5 Å². The number of fused-ring (bicyclic) bond motifs is 1. The number of nitrogens with one attached hydrogen (secondary N) is 1. The molecule has 0 bridgehead atoms. The van der Waals surface area contributed by atoms with Gasteiger partial charge in [-0.3, -0.25) is 9.59 Å². The fraction of sp³-hybridized carbons (Fsp3) is 0.440. The monoisotopic (exact) mass is 524 g/mol. The summed E-state index contributed by atoms with van der Waals surface area (Å²) in [7, 11) is 1.44. The molecule has 36 heavy (non-hydrogen) atoms. The molecule has 2 aromatic heterocycles. The second-order valence-corrected chi connectivity index (χ2v) is 9.35. The number of rotatable bonds is 6. The van der Waals surface area contributed by atoms with Gasteiger partial charge in [-0.1, -0.05) is 31.5 Å². The molecule has 8 nitrogen and oxygen atoms in total. The van der Waals surface area contributed by atoms with Gasteiger partial charge in [-0.25, -0.2) is 18.7 Å². The number of benzene rings is 1. The van der Waals surface area contributed by atoms with E-state index < -0.39 is 48.5 Å². The number of aromatic nitrogens is 3. The highest BCUT2D eigenvalue weighted by Crippen LogP contribution is 2.38. The van der Waals surface area contributed by atoms with Gasteiger partial charge in [-0.2, -0.15) is 0 Å². The number of likely N-dealkylation sites (N-methyl/N-ethyl adjacent to an activating group) is 1. The van der Waals surface area contributed by atoms with Crippen LogP contribution in [0.2, 0.25) is 5.02 Å². The van der Waals surface area contributed by atoms with Crippen molar-refractivity contribution in [3.63, 3.8) is 0 Å². The molecule has 1 saturated heterocycles. The number of hydrogen-bond acceptors (Lipinski definition) is 6. The summed E-state index contributed by atoms with van der Waals surface area (Å²) in [6, 6.07) is 6.36. The Bertz CT molecular complexity index is 1540. The maximum Gasteiger partial charge on any atom is 0.293 e. The fourth-order valence-electron chi connectivity index (χ4n) is 4.30. The summed E-state index contributed by atoms with van der Waals surface area (Å²) >= 11 is 6.38. The van der Waals surface area contributed by atoms with Crippen molar-refractivity contribution in [2.24, 2.45) is 18.9 Å². The van der Waals surface area contributed by atoms with Crippen molar-refractivity contribution in [1.29, 1.82) is 0 Å². The van der Waals surface area contributed by atoms with Crippen LogP contribution in [0.3, 0.4) is 0 Å². The molecule has 1 aliphatic rings. The van der Waals surface area contributed by atoms with E-state index in [0.717, 1.165) is 0 Å². The standard InChI is InChI=1S/C25H28ClF2N5O3/c1-14-11-33(12-15(2)25(14,27)28)24-30-10-18(26)19(31-24)8-16-5-6-20-17(7-16)9-21(23(35)32(20)4)36-13-22(34)29-3/h5-7,9-10,14-15H,8,11-13H2,1-4H3,(H,29,34)/t14-,15+/i3D3,13D2. The molecular weight excluding hydrogens is 492 g/mol. The second-order valence-electron chi connectivity index (χ2n) is 8.95. The van der Waals surface area contributed by atoms with Gasteiger partial charge in [-0.05, 0) is 23.8 Å². The average Bonchev–Trinajstić information content (AvgIpc) is 2.86. The lowest BCUT2D eigenvalue weighted by molar-refractivity contribution is -0.122. The number of ether oxygens (including phenoxy) is 1. The summed E-state index contributed by atoms with van der Waals surface area (Å²) in [5.41, 5.74) is 0.886. The Morgan fingerprint density at radius 2 is 2.06 bits per heavy atom. The summed E-state index contributed by atoms with van der Waals surface area (Å²) in [6.45, 7) is -2.94. The SMILES string of the molecule is [2H]C([2H])([2H])NC(=O)C([2H])([2H])Oc1cc2cc(Cc3nc(N4C[C@@H](C)C(F)(F)[C@@H](C)C4)ncc3Cl)ccc2n(C)c1=O. The van der Waals surface area contributed by atoms with Crippen LogP contribution < -0.4 is 20.5 Å². The molecule has 0 unspecified atom stereocenters. The number of halogens is 3. The first kappa shape index (κ1) is 19.9. The molecule has 0 saturated carbocycles. The predicted molar refractivity (Wildman–Crippen MR) is 134 cm³/mol. The topological polar surface area (TPSA) is 89.3 Å². The first-order valence-corrected chi connectivity index (χ1v) is 11.6. The number of amides is 1. The van der Waals surface area contributed by atoms with Gasteiger partial charge in [0.1, 0.15) is 0 Å². The van der Waals surface area contributed by atoms with Gasteiger partial charge in [-0.15, -0.1) is 0 Å². The Labute approximate surface area is 219 Å². The van der Waals surface area contributed by atoms with Crippen molar-refractivity contribution in [2.45, 2.75) is 26.2 Å². The highest BCUT2D eigenvalue weighted by Gasteiger charge is 2.47. The summed E-state index contributed by atoms with van der Waals surface area (Å²) < 4.78 is 71.9. The minimum atomic E-state index is -3.15. The number of carbonyl (C=O) groups is 1. The van der Waals surface area contributed by atoms with Crippen molar-refractivity contribution < 1.29 is 25.2 Å². The maximum absolute atomic E-state index is 14.3. The molecule has 1 amide bonds. The molecule has 0 aliphatic carbocycles. The molecule has 3 heterocycles. The molecule has 11 heteroatoms. The van der Waals surface area contributed by atoms with Crippen LogP contribution in [-0.2, 0) is 18.3 Å². The van der Waals surface area contributed by atoms with E-state index in [1.807, 2.05) is 0 Å². The number of aryl methyl sites for hydroxylation is 1. The third-order valence-electron chi connectivity index (χ3n) is 6.38. The average molecular weight is 525 g/mol. The number of nitrogens with zero attached hydrogens (tertiary/aromatic N) is 4. The quantitative estimate of drug-likeness (QED) is 0.531. The normalized spacial score (nSPS) is 22.2. The van der Waals surface area contributed by atoms with Crippen LogP contribution in [0, 0.1) is 11.8 Å². The predicted octanol–water partition coefficient (Wildman–Crippen LogP) is 3.43. The van der Waals surface area contributed by atoms with Crippen LogP contribution in [-0.4, -0.2) is 53.0 Å². The lowest BCUT2D eigenvalue weighted by Crippen LogP contribution is -2.52. The lowest BCUT2D eigenvalue weighted by atomic mass is 9.87. The third kappa shape index (κ3) is 5.00. The van der Waals surface area contributed by atoms with E-state index in [4.69, 9.17) is 23.2 Å². The molecule has 3 aromatic rings. The molecule has 1 N–H and O–H groups in total. The zero-order valence-corrected chi connectivity index (χ0v) is 20.6. The largest absolute Gasteiger partial charge is 0.478 e. The smallest absolute Gasteiger partial charge is 0.293 e. The molecule has 192 valence electrons. The van der Waals surface area contributed by atoms with Gasteiger partial charge >= 0.3 is 0 Å². The van der Waals surface area contributed by atoms with Crippen molar-refractivity contribution in [3.05, 3.63) is 57.1 Å². The Morgan fingerprint density at radius 1 is 1.33 bits per heavy atom. The van der Waals surface area contributed by atoms with Gasteiger partial charge in [0.2, 0.25) is 5.95 Å². The first-order chi connectivity index (χ1) is 18.9. The second kappa shape index (κ2) is 10.0. The Kier molecular flexibility index (Phi) is 5.52. The van der Waals surface area contributed by atoms with E-state index in [0.29, 0.717) is 22.2 Å². The van der Waals surface area contributed by atoms with Gasteiger partial charge < -0.3 is 19.5 Å². The number of alkyl halides is 2. The van der Waals surface area contributed by atoms with E-state index >= 15 is 0 Å². The lowest BCUT2D eigenvalue weighted by Gasteiger charge is -2.41. The Morgan fingerprint density at radius 3 is 2.75 bits per heavy atom. The Balaban J connectivity index is 1.62. The van der Waals surface area contributed by atoms with Gasteiger partial charge in [0.05, 0.1) is 25.2 Å². The summed E-state index contributed by atoms with van der Waals surface area (Å²) in [5, 5.41) is 2.25. The van der Waals surface area contributed by atoms with Gasteiger partial charge in [0.25, 0.3) is 17.4 Å². The summed E-state index contributed by atoms with van der Waals surface area (Å²) in [5.74, 6) is -6.35. The zero-order valence-electron chi connectivity index (χ0n) is 24.8. The van der Waals surface area contributed by atoms with Crippen LogP contribution in [0.4, 0.5) is 14.7 Å². The summed E-state index contributed by atoms with van der Waals surface area (Å²) in [4.78, 5) is 35.4. The molecule has 0 spiro atoms. The molecule has 1 fully saturated rings. The molecular formula is C25H28ClF2N5O3. The number of piperidine rings is 1. The van der Waals surface area contributed by atoms with E-state index in [1.54, 1.807) is 23.1 Å². The van der Waals surface area contributed by atoms with E-state index in [1.165, 1.54) is 43.0 Å². The Hall–Kier alpha value is -3.27. The van der Waals surface area contributed by atoms with Crippen LogP contribution in [0.25, 0.3) is 10.9 Å². The number of pyridine rings is 1. The fourth-order valence-corrected chi connectivity index (χ4v) is 4.46. The minimum absolute atomic E-state index is 0.0864.